The summed E-state index contributed by atoms with van der Waals surface area (Å²) in [6.45, 7) is 3.41. The highest BCUT2D eigenvalue weighted by Gasteiger charge is 2.72. The van der Waals surface area contributed by atoms with E-state index >= 15 is 0 Å². The van der Waals surface area contributed by atoms with Crippen molar-refractivity contribution in [1.29, 1.82) is 0 Å². The highest BCUT2D eigenvalue weighted by atomic mass is 35.5. The number of anilines is 1. The Morgan fingerprint density at radius 3 is 2.78 bits per heavy atom. The number of aliphatic hydroxyl groups is 2. The van der Waals surface area contributed by atoms with Crippen LogP contribution in [-0.2, 0) is 19.8 Å². The van der Waals surface area contributed by atoms with Gasteiger partial charge in [0.25, 0.3) is 0 Å². The van der Waals surface area contributed by atoms with Gasteiger partial charge in [0.05, 0.1) is 29.4 Å². The lowest BCUT2D eigenvalue weighted by atomic mass is 9.63. The van der Waals surface area contributed by atoms with Gasteiger partial charge in [0.2, 0.25) is 11.8 Å². The van der Waals surface area contributed by atoms with Crippen molar-refractivity contribution in [3.63, 3.8) is 0 Å². The molecule has 2 amide bonds. The van der Waals surface area contributed by atoms with E-state index < -0.39 is 53.5 Å². The molecule has 3 aliphatic rings. The number of benzene rings is 2. The van der Waals surface area contributed by atoms with Crippen molar-refractivity contribution in [2.45, 2.75) is 61.8 Å². The molecule has 2 aromatic carbocycles. The zero-order valence-electron chi connectivity index (χ0n) is 20.3. The second-order valence-electron chi connectivity index (χ2n) is 10.5. The van der Waals surface area contributed by atoms with Crippen LogP contribution in [0.2, 0.25) is 10.0 Å². The first-order chi connectivity index (χ1) is 17.5. The predicted molar refractivity (Wildman–Crippen MR) is 136 cm³/mol. The fourth-order valence-corrected chi connectivity index (χ4v) is 6.47. The summed E-state index contributed by atoms with van der Waals surface area (Å²) in [5.74, 6) is -2.27. The lowest BCUT2D eigenvalue weighted by molar-refractivity contribution is -0.206. The fourth-order valence-electron chi connectivity index (χ4n) is 6.11. The van der Waals surface area contributed by atoms with Gasteiger partial charge in [-0.05, 0) is 62.1 Å². The molecule has 8 nitrogen and oxygen atoms in total. The van der Waals surface area contributed by atoms with Gasteiger partial charge in [-0.15, -0.1) is 0 Å². The smallest absolute Gasteiger partial charge is 0.240 e. The van der Waals surface area contributed by atoms with Crippen molar-refractivity contribution in [2.24, 2.45) is 0 Å². The number of amides is 2. The van der Waals surface area contributed by atoms with E-state index in [-0.39, 0.29) is 23.9 Å². The molecule has 0 saturated carbocycles. The van der Waals surface area contributed by atoms with Gasteiger partial charge in [-0.25, -0.2) is 4.39 Å². The van der Waals surface area contributed by atoms with Crippen LogP contribution in [0.1, 0.15) is 43.7 Å². The van der Waals surface area contributed by atoms with Crippen molar-refractivity contribution in [3.8, 4) is 0 Å². The minimum Gasteiger partial charge on any atom is -0.394 e. The second-order valence-corrected chi connectivity index (χ2v) is 11.3. The number of halogens is 3. The van der Waals surface area contributed by atoms with E-state index in [1.54, 1.807) is 29.3 Å². The summed E-state index contributed by atoms with van der Waals surface area (Å²) in [6.07, 6.45) is -0.437. The van der Waals surface area contributed by atoms with E-state index in [4.69, 9.17) is 33.1 Å². The Labute approximate surface area is 223 Å². The molecule has 0 aromatic heterocycles. The number of nitrogens with zero attached hydrogens (tertiary/aromatic N) is 1. The summed E-state index contributed by atoms with van der Waals surface area (Å²) in [7, 11) is 0. The molecule has 0 radical (unpaired) electrons. The van der Waals surface area contributed by atoms with E-state index in [2.05, 4.69) is 10.6 Å². The van der Waals surface area contributed by atoms with Crippen LogP contribution in [0.4, 0.5) is 10.1 Å². The number of rotatable bonds is 6. The van der Waals surface area contributed by atoms with Crippen molar-refractivity contribution < 1.29 is 29.0 Å². The molecule has 3 heterocycles. The van der Waals surface area contributed by atoms with Crippen LogP contribution in [-0.4, -0.2) is 64.0 Å². The Hall–Kier alpha value is -2.27. The molecule has 5 rings (SSSR count). The second kappa shape index (κ2) is 9.48. The molecule has 37 heavy (non-hydrogen) atoms. The zero-order chi connectivity index (χ0) is 26.7. The molecule has 198 valence electrons. The Bertz CT molecular complexity index is 1260. The number of carbonyl (C=O) groups is 2. The first-order valence-corrected chi connectivity index (χ1v) is 12.9. The van der Waals surface area contributed by atoms with Crippen molar-refractivity contribution in [2.75, 3.05) is 18.5 Å². The van der Waals surface area contributed by atoms with Crippen LogP contribution in [0, 0.1) is 5.82 Å². The van der Waals surface area contributed by atoms with E-state index in [9.17, 15) is 19.1 Å². The van der Waals surface area contributed by atoms with E-state index in [1.807, 2.05) is 13.8 Å². The number of carbonyl (C=O) groups excluding carboxylic acids is 2. The number of hydrogen-bond acceptors (Lipinski definition) is 6. The zero-order valence-corrected chi connectivity index (χ0v) is 21.8. The lowest BCUT2D eigenvalue weighted by Gasteiger charge is -2.35. The van der Waals surface area contributed by atoms with Crippen LogP contribution < -0.4 is 10.6 Å². The van der Waals surface area contributed by atoms with Gasteiger partial charge < -0.3 is 20.8 Å². The van der Waals surface area contributed by atoms with Gasteiger partial charge in [-0.2, -0.15) is 5.06 Å². The molecule has 4 N–H and O–H groups in total. The average molecular weight is 552 g/mol. The van der Waals surface area contributed by atoms with E-state index in [1.165, 1.54) is 12.1 Å². The quantitative estimate of drug-likeness (QED) is 0.439. The Morgan fingerprint density at radius 2 is 2.08 bits per heavy atom. The fraction of sp³-hybridized carbons (Fsp3) is 0.462. The number of aliphatic hydroxyl groups excluding tert-OH is 2. The third-order valence-corrected chi connectivity index (χ3v) is 8.07. The van der Waals surface area contributed by atoms with Crippen LogP contribution >= 0.6 is 23.2 Å². The third kappa shape index (κ3) is 4.22. The highest BCUT2D eigenvalue weighted by Crippen LogP contribution is 2.62. The van der Waals surface area contributed by atoms with Gasteiger partial charge in [0.15, 0.2) is 0 Å². The summed E-state index contributed by atoms with van der Waals surface area (Å²) < 4.78 is 14.9. The Kier molecular flexibility index (Phi) is 6.75. The largest absolute Gasteiger partial charge is 0.394 e. The minimum absolute atomic E-state index is 0.0985. The van der Waals surface area contributed by atoms with Gasteiger partial charge in [-0.3, -0.25) is 14.4 Å². The first-order valence-electron chi connectivity index (χ1n) is 12.1. The summed E-state index contributed by atoms with van der Waals surface area (Å²) in [5.41, 5.74) is -0.660. The van der Waals surface area contributed by atoms with Gasteiger partial charge >= 0.3 is 0 Å². The average Bonchev–Trinajstić information content (AvgIpc) is 3.39. The van der Waals surface area contributed by atoms with E-state index in [0.717, 1.165) is 0 Å². The lowest BCUT2D eigenvalue weighted by Crippen LogP contribution is -2.49. The molecular formula is C26H28Cl2FN3O5. The van der Waals surface area contributed by atoms with Crippen molar-refractivity contribution in [1.82, 2.24) is 10.4 Å². The summed E-state index contributed by atoms with van der Waals surface area (Å²) in [6, 6.07) is 8.01. The normalized spacial score (nSPS) is 28.7. The van der Waals surface area contributed by atoms with Crippen LogP contribution in [0.15, 0.2) is 36.4 Å². The molecule has 2 aromatic rings. The number of fused-ring (bicyclic) bond motifs is 4. The molecule has 2 saturated heterocycles. The molecule has 1 spiro atoms. The molecule has 3 aliphatic heterocycles. The molecular weight excluding hydrogens is 524 g/mol. The maximum atomic E-state index is 14.9. The van der Waals surface area contributed by atoms with Gasteiger partial charge in [0, 0.05) is 23.2 Å². The SMILES string of the molecule is CC1(C)CC2N(O1)C(C(=O)NCCC(O)CO)C(c1cccc(Cl)c1)C21C(=O)Nc2cc(Cl)c(F)cc21. The van der Waals surface area contributed by atoms with Crippen LogP contribution in [0.3, 0.4) is 0 Å². The van der Waals surface area contributed by atoms with Gasteiger partial charge in [-0.1, -0.05) is 35.3 Å². The molecule has 11 heteroatoms. The van der Waals surface area contributed by atoms with Gasteiger partial charge in [0.1, 0.15) is 17.3 Å². The standard InChI is InChI=1S/C26H28Cl2FN3O5/c1-25(2)11-20-26(16-9-18(29)17(28)10-19(16)31-24(26)36)21(13-4-3-5-14(27)8-13)22(32(20)37-25)23(35)30-7-6-15(34)12-33/h3-5,8-10,15,20-22,33-34H,6-7,11-12H2,1-2H3,(H,30,35)(H,31,36). The van der Waals surface area contributed by atoms with Crippen LogP contribution in [0.5, 0.6) is 0 Å². The molecule has 5 atom stereocenters. The third-order valence-electron chi connectivity index (χ3n) is 7.54. The van der Waals surface area contributed by atoms with Crippen LogP contribution in [0.25, 0.3) is 0 Å². The Balaban J connectivity index is 1.69. The van der Waals surface area contributed by atoms with Crippen molar-refractivity contribution >= 4 is 40.7 Å². The maximum absolute atomic E-state index is 14.9. The summed E-state index contributed by atoms with van der Waals surface area (Å²) >= 11 is 12.4. The monoisotopic (exact) mass is 551 g/mol. The van der Waals surface area contributed by atoms with Crippen molar-refractivity contribution in [3.05, 3.63) is 63.4 Å². The number of nitrogens with one attached hydrogen (secondary N) is 2. The molecule has 2 fully saturated rings. The topological polar surface area (TPSA) is 111 Å². The molecule has 5 unspecified atom stereocenters. The summed E-state index contributed by atoms with van der Waals surface area (Å²) in [5, 5.41) is 26.4. The number of hydrogen-bond donors (Lipinski definition) is 4. The highest BCUT2D eigenvalue weighted by molar-refractivity contribution is 6.31. The number of hydroxylamine groups is 2. The maximum Gasteiger partial charge on any atom is 0.240 e. The molecule has 0 aliphatic carbocycles. The predicted octanol–water partition coefficient (Wildman–Crippen LogP) is 3.13. The molecule has 0 bridgehead atoms. The first kappa shape index (κ1) is 26.3. The summed E-state index contributed by atoms with van der Waals surface area (Å²) in [4.78, 5) is 34.1. The minimum atomic E-state index is -1.38. The Morgan fingerprint density at radius 1 is 1.32 bits per heavy atom. The van der Waals surface area contributed by atoms with E-state index in [0.29, 0.717) is 28.3 Å².